The largest absolute Gasteiger partial charge is 0.508 e. The van der Waals surface area contributed by atoms with Crippen LogP contribution in [-0.2, 0) is 6.42 Å². The Hall–Kier alpha value is -2.29. The first-order valence-electron chi connectivity index (χ1n) is 12.3. The number of carbonyl (C=O) groups excluding carboxylic acids is 1. The molecule has 2 aromatic carbocycles. The Morgan fingerprint density at radius 1 is 0.677 bits per heavy atom. The van der Waals surface area contributed by atoms with Crippen molar-refractivity contribution >= 4 is 5.78 Å². The fourth-order valence-corrected chi connectivity index (χ4v) is 4.08. The van der Waals surface area contributed by atoms with Gasteiger partial charge in [0.1, 0.15) is 11.5 Å². The third kappa shape index (κ3) is 9.16. The Kier molecular flexibility index (Phi) is 11.8. The Bertz CT molecular complexity index is 764. The zero-order valence-electron chi connectivity index (χ0n) is 19.2. The first kappa shape index (κ1) is 25.0. The highest BCUT2D eigenvalue weighted by atomic mass is 16.3. The van der Waals surface area contributed by atoms with E-state index < -0.39 is 0 Å². The van der Waals surface area contributed by atoms with Crippen LogP contribution in [-0.4, -0.2) is 16.0 Å². The summed E-state index contributed by atoms with van der Waals surface area (Å²) in [6, 6.07) is 11.5. The Morgan fingerprint density at radius 3 is 1.74 bits per heavy atom. The van der Waals surface area contributed by atoms with E-state index in [1.54, 1.807) is 18.2 Å². The Morgan fingerprint density at radius 2 is 1.19 bits per heavy atom. The van der Waals surface area contributed by atoms with Crippen LogP contribution in [0.5, 0.6) is 11.5 Å². The van der Waals surface area contributed by atoms with Gasteiger partial charge >= 0.3 is 0 Å². The van der Waals surface area contributed by atoms with Crippen molar-refractivity contribution in [2.45, 2.75) is 96.8 Å². The number of phenols is 2. The van der Waals surface area contributed by atoms with E-state index in [0.717, 1.165) is 24.8 Å². The van der Waals surface area contributed by atoms with E-state index in [9.17, 15) is 15.0 Å². The van der Waals surface area contributed by atoms with Gasteiger partial charge in [-0.05, 0) is 48.7 Å². The molecule has 0 saturated heterocycles. The van der Waals surface area contributed by atoms with Gasteiger partial charge in [0.2, 0.25) is 0 Å². The molecule has 0 amide bonds. The molecule has 0 atom stereocenters. The van der Waals surface area contributed by atoms with Gasteiger partial charge in [0, 0.05) is 5.56 Å². The summed E-state index contributed by atoms with van der Waals surface area (Å²) in [5, 5.41) is 20.0. The predicted molar refractivity (Wildman–Crippen MR) is 129 cm³/mol. The predicted octanol–water partition coefficient (Wildman–Crippen LogP) is 7.96. The van der Waals surface area contributed by atoms with E-state index in [-0.39, 0.29) is 17.3 Å². The SMILES string of the molecule is CCCCCCCCCCCCCCCc1cccc(C(=O)c2ccc(O)cc2)c1O. The molecule has 0 heterocycles. The molecule has 0 unspecified atom stereocenters. The number of para-hydroxylation sites is 1. The van der Waals surface area contributed by atoms with Crippen molar-refractivity contribution in [1.29, 1.82) is 0 Å². The number of phenolic OH excluding ortho intramolecular Hbond substituents is 2. The van der Waals surface area contributed by atoms with Gasteiger partial charge in [-0.3, -0.25) is 4.79 Å². The smallest absolute Gasteiger partial charge is 0.196 e. The average Bonchev–Trinajstić information content (AvgIpc) is 2.78. The first-order valence-corrected chi connectivity index (χ1v) is 12.3. The number of ketones is 1. The molecule has 0 aliphatic heterocycles. The number of hydrogen-bond acceptors (Lipinski definition) is 3. The molecule has 2 N–H and O–H groups in total. The fourth-order valence-electron chi connectivity index (χ4n) is 4.08. The minimum Gasteiger partial charge on any atom is -0.508 e. The molecule has 3 heteroatoms. The number of carbonyl (C=O) groups is 1. The standard InChI is InChI=1S/C28H40O3/c1-2-3-4-5-6-7-8-9-10-11-12-13-14-16-23-17-15-18-26(27(23)30)28(31)24-19-21-25(29)22-20-24/h15,17-22,29-30H,2-14,16H2,1H3. The topological polar surface area (TPSA) is 57.5 Å². The summed E-state index contributed by atoms with van der Waals surface area (Å²) in [5.74, 6) is 0.00107. The van der Waals surface area contributed by atoms with E-state index in [1.165, 1.54) is 82.8 Å². The molecule has 0 saturated carbocycles. The van der Waals surface area contributed by atoms with Crippen LogP contribution in [0.15, 0.2) is 42.5 Å². The maximum absolute atomic E-state index is 12.7. The van der Waals surface area contributed by atoms with E-state index >= 15 is 0 Å². The number of rotatable bonds is 16. The monoisotopic (exact) mass is 424 g/mol. The summed E-state index contributed by atoms with van der Waals surface area (Å²) in [7, 11) is 0. The molecule has 0 aromatic heterocycles. The summed E-state index contributed by atoms with van der Waals surface area (Å²) < 4.78 is 0. The van der Waals surface area contributed by atoms with E-state index in [0.29, 0.717) is 11.1 Å². The number of benzene rings is 2. The number of hydrogen-bond donors (Lipinski definition) is 2. The summed E-state index contributed by atoms with van der Waals surface area (Å²) >= 11 is 0. The van der Waals surface area contributed by atoms with E-state index in [2.05, 4.69) is 6.92 Å². The third-order valence-corrected chi connectivity index (χ3v) is 6.04. The first-order chi connectivity index (χ1) is 15.1. The molecule has 0 bridgehead atoms. The molecule has 31 heavy (non-hydrogen) atoms. The molecule has 170 valence electrons. The van der Waals surface area contributed by atoms with Crippen LogP contribution in [0.25, 0.3) is 0 Å². The second kappa shape index (κ2) is 14.7. The molecule has 0 aliphatic rings. The lowest BCUT2D eigenvalue weighted by atomic mass is 9.97. The van der Waals surface area contributed by atoms with Gasteiger partial charge in [0.15, 0.2) is 5.78 Å². The molecule has 0 aliphatic carbocycles. The fraction of sp³-hybridized carbons (Fsp3) is 0.536. The van der Waals surface area contributed by atoms with Crippen molar-refractivity contribution in [2.75, 3.05) is 0 Å². The minimum atomic E-state index is -0.218. The third-order valence-electron chi connectivity index (χ3n) is 6.04. The molecule has 0 fully saturated rings. The van der Waals surface area contributed by atoms with Gasteiger partial charge in [-0.25, -0.2) is 0 Å². The number of aryl methyl sites for hydroxylation is 1. The van der Waals surface area contributed by atoms with Crippen molar-refractivity contribution in [2.24, 2.45) is 0 Å². The van der Waals surface area contributed by atoms with Crippen LogP contribution in [0.1, 0.15) is 112 Å². The van der Waals surface area contributed by atoms with Crippen LogP contribution in [0.3, 0.4) is 0 Å². The molecule has 0 radical (unpaired) electrons. The van der Waals surface area contributed by atoms with Crippen LogP contribution < -0.4 is 0 Å². The second-order valence-corrected chi connectivity index (χ2v) is 8.68. The summed E-state index contributed by atoms with van der Waals surface area (Å²) in [6.45, 7) is 2.26. The second-order valence-electron chi connectivity index (χ2n) is 8.68. The molecular weight excluding hydrogens is 384 g/mol. The normalized spacial score (nSPS) is 11.0. The molecule has 3 nitrogen and oxygen atoms in total. The minimum absolute atomic E-state index is 0.0968. The average molecular weight is 425 g/mol. The lowest BCUT2D eigenvalue weighted by Gasteiger charge is -2.09. The van der Waals surface area contributed by atoms with Gasteiger partial charge in [-0.1, -0.05) is 96.1 Å². The van der Waals surface area contributed by atoms with Crippen molar-refractivity contribution in [3.05, 3.63) is 59.2 Å². The van der Waals surface area contributed by atoms with Crippen LogP contribution in [0.2, 0.25) is 0 Å². The molecular formula is C28H40O3. The van der Waals surface area contributed by atoms with Gasteiger partial charge in [-0.15, -0.1) is 0 Å². The van der Waals surface area contributed by atoms with Crippen molar-refractivity contribution < 1.29 is 15.0 Å². The maximum Gasteiger partial charge on any atom is 0.196 e. The van der Waals surface area contributed by atoms with E-state index in [4.69, 9.17) is 0 Å². The van der Waals surface area contributed by atoms with Crippen molar-refractivity contribution in [3.8, 4) is 11.5 Å². The van der Waals surface area contributed by atoms with E-state index in [1.807, 2.05) is 12.1 Å². The number of unbranched alkanes of at least 4 members (excludes halogenated alkanes) is 12. The Balaban J connectivity index is 1.63. The van der Waals surface area contributed by atoms with Gasteiger partial charge < -0.3 is 10.2 Å². The van der Waals surface area contributed by atoms with Gasteiger partial charge in [0.25, 0.3) is 0 Å². The maximum atomic E-state index is 12.7. The number of aromatic hydroxyl groups is 2. The quantitative estimate of drug-likeness (QED) is 0.212. The highest BCUT2D eigenvalue weighted by Gasteiger charge is 2.16. The lowest BCUT2D eigenvalue weighted by molar-refractivity contribution is 0.103. The van der Waals surface area contributed by atoms with Gasteiger partial charge in [-0.2, -0.15) is 0 Å². The van der Waals surface area contributed by atoms with Crippen molar-refractivity contribution in [3.63, 3.8) is 0 Å². The summed E-state index contributed by atoms with van der Waals surface area (Å²) in [6.07, 6.45) is 17.9. The van der Waals surface area contributed by atoms with Crippen LogP contribution >= 0.6 is 0 Å². The molecule has 0 spiro atoms. The van der Waals surface area contributed by atoms with Crippen LogP contribution in [0.4, 0.5) is 0 Å². The summed E-state index contributed by atoms with van der Waals surface area (Å²) in [4.78, 5) is 12.7. The zero-order valence-corrected chi connectivity index (χ0v) is 19.2. The van der Waals surface area contributed by atoms with Crippen LogP contribution in [0, 0.1) is 0 Å². The lowest BCUT2D eigenvalue weighted by Crippen LogP contribution is -2.03. The molecule has 2 aromatic rings. The van der Waals surface area contributed by atoms with Crippen molar-refractivity contribution in [1.82, 2.24) is 0 Å². The highest BCUT2D eigenvalue weighted by molar-refractivity contribution is 6.10. The Labute approximate surface area is 188 Å². The summed E-state index contributed by atoms with van der Waals surface area (Å²) in [5.41, 5.74) is 1.64. The van der Waals surface area contributed by atoms with Gasteiger partial charge in [0.05, 0.1) is 5.56 Å². The molecule has 2 rings (SSSR count). The zero-order chi connectivity index (χ0) is 22.3. The highest BCUT2D eigenvalue weighted by Crippen LogP contribution is 2.27.